The number of anilines is 1. The number of hydrogen-bond acceptors (Lipinski definition) is 4. The first-order chi connectivity index (χ1) is 7.22. The average Bonchev–Trinajstić information content (AvgIpc) is 2.61. The lowest BCUT2D eigenvalue weighted by molar-refractivity contribution is 0.170. The van der Waals surface area contributed by atoms with Crippen molar-refractivity contribution >= 4 is 5.69 Å². The van der Waals surface area contributed by atoms with Crippen molar-refractivity contribution in [3.8, 4) is 0 Å². The van der Waals surface area contributed by atoms with Crippen molar-refractivity contribution in [2.75, 3.05) is 19.1 Å². The third-order valence-electron chi connectivity index (χ3n) is 2.84. The van der Waals surface area contributed by atoms with Crippen LogP contribution < -0.4 is 5.48 Å². The molecule has 0 unspecified atom stereocenters. The maximum absolute atomic E-state index is 4.93. The van der Waals surface area contributed by atoms with E-state index in [9.17, 15) is 0 Å². The highest BCUT2D eigenvalue weighted by molar-refractivity contribution is 5.44. The lowest BCUT2D eigenvalue weighted by atomic mass is 10.2. The van der Waals surface area contributed by atoms with Gasteiger partial charge in [-0.05, 0) is 13.8 Å². The van der Waals surface area contributed by atoms with Crippen molar-refractivity contribution in [1.29, 1.82) is 0 Å². The van der Waals surface area contributed by atoms with Crippen LogP contribution in [0.15, 0.2) is 6.20 Å². The van der Waals surface area contributed by atoms with Crippen LogP contribution >= 0.6 is 0 Å². The molecule has 84 valence electrons. The molecule has 1 N–H and O–H groups in total. The Kier molecular flexibility index (Phi) is 2.93. The zero-order valence-electron chi connectivity index (χ0n) is 9.53. The van der Waals surface area contributed by atoms with E-state index in [1.165, 1.54) is 5.69 Å². The number of nitrogens with zero attached hydrogens (tertiary/aromatic N) is 3. The number of hydrogen-bond donors (Lipinski definition) is 1. The first-order valence-electron chi connectivity index (χ1n) is 5.30. The predicted molar refractivity (Wildman–Crippen MR) is 58.4 cm³/mol. The molecule has 5 heteroatoms. The molecular formula is C10H18N4O. The summed E-state index contributed by atoms with van der Waals surface area (Å²) in [4.78, 5) is 7.35. The Labute approximate surface area is 90.0 Å². The summed E-state index contributed by atoms with van der Waals surface area (Å²) in [7, 11) is 1.62. The summed E-state index contributed by atoms with van der Waals surface area (Å²) in [6.07, 6.45) is 1.82. The summed E-state index contributed by atoms with van der Waals surface area (Å²) in [6.45, 7) is 7.39. The molecule has 1 aliphatic rings. The fraction of sp³-hybridized carbons (Fsp3) is 0.700. The highest BCUT2D eigenvalue weighted by Gasteiger charge is 2.21. The zero-order valence-corrected chi connectivity index (χ0v) is 9.53. The van der Waals surface area contributed by atoms with E-state index >= 15 is 0 Å². The van der Waals surface area contributed by atoms with Crippen LogP contribution in [0.1, 0.15) is 19.5 Å². The molecule has 1 aromatic rings. The SMILES string of the molecule is CONc1cnn2c1CN(C(C)C)CC2. The number of rotatable bonds is 3. The van der Waals surface area contributed by atoms with Gasteiger partial charge in [-0.15, -0.1) is 0 Å². The lowest BCUT2D eigenvalue weighted by Crippen LogP contribution is -2.38. The average molecular weight is 210 g/mol. The van der Waals surface area contributed by atoms with Gasteiger partial charge in [-0.3, -0.25) is 19.9 Å². The fourth-order valence-corrected chi connectivity index (χ4v) is 1.90. The second kappa shape index (κ2) is 4.20. The van der Waals surface area contributed by atoms with Gasteiger partial charge in [0.15, 0.2) is 0 Å². The van der Waals surface area contributed by atoms with Gasteiger partial charge in [-0.1, -0.05) is 0 Å². The van der Waals surface area contributed by atoms with Crippen LogP contribution in [0.25, 0.3) is 0 Å². The van der Waals surface area contributed by atoms with Gasteiger partial charge in [0.1, 0.15) is 5.69 Å². The smallest absolute Gasteiger partial charge is 0.103 e. The van der Waals surface area contributed by atoms with E-state index in [0.29, 0.717) is 6.04 Å². The van der Waals surface area contributed by atoms with Gasteiger partial charge in [0.2, 0.25) is 0 Å². The van der Waals surface area contributed by atoms with Gasteiger partial charge in [0.05, 0.1) is 25.5 Å². The van der Waals surface area contributed by atoms with Crippen LogP contribution in [-0.2, 0) is 17.9 Å². The molecule has 2 rings (SSSR count). The molecule has 5 nitrogen and oxygen atoms in total. The van der Waals surface area contributed by atoms with Gasteiger partial charge < -0.3 is 0 Å². The van der Waals surface area contributed by atoms with Gasteiger partial charge >= 0.3 is 0 Å². The maximum atomic E-state index is 4.93. The van der Waals surface area contributed by atoms with Crippen LogP contribution in [0.5, 0.6) is 0 Å². The molecule has 0 fully saturated rings. The second-order valence-electron chi connectivity index (χ2n) is 4.10. The van der Waals surface area contributed by atoms with E-state index in [2.05, 4.69) is 29.3 Å². The lowest BCUT2D eigenvalue weighted by Gasteiger charge is -2.31. The molecule has 0 saturated heterocycles. The molecule has 0 bridgehead atoms. The molecule has 0 amide bonds. The second-order valence-corrected chi connectivity index (χ2v) is 4.10. The molecule has 0 aliphatic carbocycles. The van der Waals surface area contributed by atoms with E-state index in [0.717, 1.165) is 25.3 Å². The van der Waals surface area contributed by atoms with Crippen LogP contribution in [0, 0.1) is 0 Å². The van der Waals surface area contributed by atoms with E-state index in [1.807, 2.05) is 10.9 Å². The molecule has 0 radical (unpaired) electrons. The quantitative estimate of drug-likeness (QED) is 0.758. The Bertz CT molecular complexity index is 334. The van der Waals surface area contributed by atoms with Crippen molar-refractivity contribution in [2.45, 2.75) is 33.0 Å². The predicted octanol–water partition coefficient (Wildman–Crippen LogP) is 1.08. The third kappa shape index (κ3) is 1.98. The standard InChI is InChI=1S/C10H18N4O/c1-8(2)13-4-5-14-10(7-13)9(6-11-14)12-15-3/h6,8,12H,4-5,7H2,1-3H3. The van der Waals surface area contributed by atoms with Crippen molar-refractivity contribution in [1.82, 2.24) is 14.7 Å². The summed E-state index contributed by atoms with van der Waals surface area (Å²) in [5.74, 6) is 0. The molecule has 1 aliphatic heterocycles. The molecule has 0 saturated carbocycles. The Balaban J connectivity index is 2.18. The minimum atomic E-state index is 0.573. The van der Waals surface area contributed by atoms with Crippen molar-refractivity contribution in [3.63, 3.8) is 0 Å². The molecule has 1 aromatic heterocycles. The highest BCUT2D eigenvalue weighted by atomic mass is 16.6. The van der Waals surface area contributed by atoms with Gasteiger partial charge in [-0.2, -0.15) is 5.10 Å². The molecule has 0 aromatic carbocycles. The molecule has 0 atom stereocenters. The Morgan fingerprint density at radius 1 is 1.47 bits per heavy atom. The summed E-state index contributed by atoms with van der Waals surface area (Å²) in [6, 6.07) is 0.573. The largest absolute Gasteiger partial charge is 0.293 e. The Morgan fingerprint density at radius 2 is 2.27 bits per heavy atom. The van der Waals surface area contributed by atoms with E-state index < -0.39 is 0 Å². The van der Waals surface area contributed by atoms with Crippen molar-refractivity contribution < 1.29 is 4.84 Å². The van der Waals surface area contributed by atoms with Crippen LogP contribution in [0.2, 0.25) is 0 Å². The molecule has 2 heterocycles. The molecule has 15 heavy (non-hydrogen) atoms. The Hall–Kier alpha value is -1.07. The summed E-state index contributed by atoms with van der Waals surface area (Å²) in [5.41, 5.74) is 5.05. The number of nitrogens with one attached hydrogen (secondary N) is 1. The van der Waals surface area contributed by atoms with Gasteiger partial charge in [0, 0.05) is 19.1 Å². The monoisotopic (exact) mass is 210 g/mol. The van der Waals surface area contributed by atoms with Crippen molar-refractivity contribution in [2.24, 2.45) is 0 Å². The third-order valence-corrected chi connectivity index (χ3v) is 2.84. The molecule has 0 spiro atoms. The number of fused-ring (bicyclic) bond motifs is 1. The first kappa shape index (κ1) is 10.4. The topological polar surface area (TPSA) is 42.3 Å². The van der Waals surface area contributed by atoms with Crippen LogP contribution in [0.4, 0.5) is 5.69 Å². The van der Waals surface area contributed by atoms with Crippen molar-refractivity contribution in [3.05, 3.63) is 11.9 Å². The van der Waals surface area contributed by atoms with E-state index in [-0.39, 0.29) is 0 Å². The van der Waals surface area contributed by atoms with Gasteiger partial charge in [-0.25, -0.2) is 0 Å². The van der Waals surface area contributed by atoms with Crippen LogP contribution in [0.3, 0.4) is 0 Å². The van der Waals surface area contributed by atoms with E-state index in [1.54, 1.807) is 7.11 Å². The first-order valence-corrected chi connectivity index (χ1v) is 5.30. The summed E-state index contributed by atoms with van der Waals surface area (Å²) in [5, 5.41) is 4.32. The minimum absolute atomic E-state index is 0.573. The Morgan fingerprint density at radius 3 is 2.93 bits per heavy atom. The van der Waals surface area contributed by atoms with Crippen LogP contribution in [-0.4, -0.2) is 34.4 Å². The normalized spacial score (nSPS) is 16.8. The highest BCUT2D eigenvalue weighted by Crippen LogP contribution is 2.21. The van der Waals surface area contributed by atoms with Gasteiger partial charge in [0.25, 0.3) is 0 Å². The van der Waals surface area contributed by atoms with E-state index in [4.69, 9.17) is 4.84 Å². The number of aromatic nitrogens is 2. The molecular weight excluding hydrogens is 192 g/mol. The minimum Gasteiger partial charge on any atom is -0.293 e. The maximum Gasteiger partial charge on any atom is 0.103 e. The fourth-order valence-electron chi connectivity index (χ4n) is 1.90. The summed E-state index contributed by atoms with van der Waals surface area (Å²) < 4.78 is 2.04. The summed E-state index contributed by atoms with van der Waals surface area (Å²) >= 11 is 0. The zero-order chi connectivity index (χ0) is 10.8.